The zero-order valence-electron chi connectivity index (χ0n) is 15.8. The standard InChI is InChI=1S/C23H16N6O/c24-12-14-13-26-19-11-21-20(28-23(25)29-21)10-18(19)22(14)27-15-6-8-17(9-7-15)30-16-4-2-1-3-5-16/h1-11,13H,(H,26,27)(H3,25,28,29). The van der Waals surface area contributed by atoms with Gasteiger partial charge in [0, 0.05) is 17.3 Å². The van der Waals surface area contributed by atoms with E-state index in [9.17, 15) is 5.26 Å². The number of nitrogen functional groups attached to an aromatic ring is 1. The molecule has 0 spiro atoms. The van der Waals surface area contributed by atoms with Crippen molar-refractivity contribution in [2.24, 2.45) is 0 Å². The van der Waals surface area contributed by atoms with Crippen LogP contribution in [0.25, 0.3) is 21.9 Å². The third-order valence-corrected chi connectivity index (χ3v) is 4.71. The first kappa shape index (κ1) is 17.5. The van der Waals surface area contributed by atoms with Gasteiger partial charge in [0.2, 0.25) is 0 Å². The van der Waals surface area contributed by atoms with E-state index in [-0.39, 0.29) is 0 Å². The summed E-state index contributed by atoms with van der Waals surface area (Å²) in [5, 5.41) is 13.7. The number of pyridine rings is 1. The molecule has 0 saturated heterocycles. The topological polar surface area (TPSA) is 113 Å². The molecule has 7 nitrogen and oxygen atoms in total. The van der Waals surface area contributed by atoms with Crippen LogP contribution in [0, 0.1) is 11.3 Å². The van der Waals surface area contributed by atoms with E-state index in [0.29, 0.717) is 17.2 Å². The maximum absolute atomic E-state index is 9.59. The second-order valence-electron chi connectivity index (χ2n) is 6.73. The third-order valence-electron chi connectivity index (χ3n) is 4.71. The van der Waals surface area contributed by atoms with Crippen LogP contribution in [0.4, 0.5) is 17.3 Å². The number of H-pyrrole nitrogens is 1. The number of hydrogen-bond donors (Lipinski definition) is 3. The van der Waals surface area contributed by atoms with Crippen LogP contribution >= 0.6 is 0 Å². The van der Waals surface area contributed by atoms with Crippen LogP contribution in [0.5, 0.6) is 11.5 Å². The molecule has 0 unspecified atom stereocenters. The van der Waals surface area contributed by atoms with Gasteiger partial charge in [-0.15, -0.1) is 0 Å². The van der Waals surface area contributed by atoms with Gasteiger partial charge in [0.05, 0.1) is 27.8 Å². The zero-order valence-corrected chi connectivity index (χ0v) is 15.8. The predicted octanol–water partition coefficient (Wildman–Crippen LogP) is 5.10. The highest BCUT2D eigenvalue weighted by atomic mass is 16.5. The van der Waals surface area contributed by atoms with Crippen LogP contribution in [-0.2, 0) is 0 Å². The lowest BCUT2D eigenvalue weighted by molar-refractivity contribution is 0.483. The molecule has 0 aliphatic rings. The van der Waals surface area contributed by atoms with Gasteiger partial charge in [0.25, 0.3) is 0 Å². The SMILES string of the molecule is N#Cc1cnc2cc3nc(N)[nH]c3cc2c1Nc1ccc(Oc2ccccc2)cc1. The molecule has 144 valence electrons. The average molecular weight is 392 g/mol. The Hall–Kier alpha value is -4.57. The average Bonchev–Trinajstić information content (AvgIpc) is 3.13. The highest BCUT2D eigenvalue weighted by Gasteiger charge is 2.12. The maximum Gasteiger partial charge on any atom is 0.198 e. The number of imidazole rings is 1. The smallest absolute Gasteiger partial charge is 0.198 e. The van der Waals surface area contributed by atoms with Crippen molar-refractivity contribution < 1.29 is 4.74 Å². The fourth-order valence-electron chi connectivity index (χ4n) is 3.31. The van der Waals surface area contributed by atoms with E-state index in [0.717, 1.165) is 39.1 Å². The first-order valence-corrected chi connectivity index (χ1v) is 9.27. The highest BCUT2D eigenvalue weighted by Crippen LogP contribution is 2.32. The molecule has 0 aliphatic carbocycles. The minimum absolute atomic E-state index is 0.337. The molecule has 0 atom stereocenters. The molecule has 0 bridgehead atoms. The first-order valence-electron chi connectivity index (χ1n) is 9.27. The molecule has 0 saturated carbocycles. The van der Waals surface area contributed by atoms with E-state index in [1.54, 1.807) is 6.20 Å². The number of rotatable bonds is 4. The van der Waals surface area contributed by atoms with Crippen LogP contribution in [0.1, 0.15) is 5.56 Å². The number of fused-ring (bicyclic) bond motifs is 2. The molecule has 30 heavy (non-hydrogen) atoms. The Morgan fingerprint density at radius 3 is 2.50 bits per heavy atom. The van der Waals surface area contributed by atoms with Gasteiger partial charge in [0.1, 0.15) is 17.6 Å². The minimum atomic E-state index is 0.337. The summed E-state index contributed by atoms with van der Waals surface area (Å²) in [6.45, 7) is 0. The number of nitriles is 1. The predicted molar refractivity (Wildman–Crippen MR) is 117 cm³/mol. The van der Waals surface area contributed by atoms with E-state index in [2.05, 4.69) is 26.3 Å². The summed E-state index contributed by atoms with van der Waals surface area (Å²) in [6.07, 6.45) is 1.55. The molecule has 0 radical (unpaired) electrons. The molecule has 7 heteroatoms. The quantitative estimate of drug-likeness (QED) is 0.392. The Balaban J connectivity index is 1.51. The lowest BCUT2D eigenvalue weighted by Gasteiger charge is -2.12. The highest BCUT2D eigenvalue weighted by molar-refractivity contribution is 6.02. The molecular weight excluding hydrogens is 376 g/mol. The van der Waals surface area contributed by atoms with Gasteiger partial charge in [-0.05, 0) is 48.5 Å². The Morgan fingerprint density at radius 2 is 1.73 bits per heavy atom. The monoisotopic (exact) mass is 392 g/mol. The number of nitrogens with one attached hydrogen (secondary N) is 2. The number of nitrogens with two attached hydrogens (primary N) is 1. The van der Waals surface area contributed by atoms with Crippen molar-refractivity contribution in [2.75, 3.05) is 11.1 Å². The van der Waals surface area contributed by atoms with Crippen molar-refractivity contribution in [3.63, 3.8) is 0 Å². The number of anilines is 3. The van der Waals surface area contributed by atoms with Gasteiger partial charge in [-0.1, -0.05) is 18.2 Å². The van der Waals surface area contributed by atoms with Crippen molar-refractivity contribution in [1.82, 2.24) is 15.0 Å². The molecule has 5 rings (SSSR count). The Morgan fingerprint density at radius 1 is 0.967 bits per heavy atom. The lowest BCUT2D eigenvalue weighted by Crippen LogP contribution is -1.97. The molecule has 2 aromatic heterocycles. The largest absolute Gasteiger partial charge is 0.457 e. The van der Waals surface area contributed by atoms with Crippen molar-refractivity contribution in [3.8, 4) is 17.6 Å². The molecule has 0 aliphatic heterocycles. The number of para-hydroxylation sites is 1. The van der Waals surface area contributed by atoms with Crippen LogP contribution in [0.15, 0.2) is 72.9 Å². The number of aromatic nitrogens is 3. The summed E-state index contributed by atoms with van der Waals surface area (Å²) in [4.78, 5) is 11.7. The van der Waals surface area contributed by atoms with E-state index in [1.165, 1.54) is 0 Å². The number of benzene rings is 3. The second-order valence-corrected chi connectivity index (χ2v) is 6.73. The van der Waals surface area contributed by atoms with Crippen molar-refractivity contribution in [2.45, 2.75) is 0 Å². The summed E-state index contributed by atoms with van der Waals surface area (Å²) in [7, 11) is 0. The Labute approximate surface area is 171 Å². The fraction of sp³-hybridized carbons (Fsp3) is 0. The van der Waals surface area contributed by atoms with Crippen LogP contribution < -0.4 is 15.8 Å². The van der Waals surface area contributed by atoms with E-state index in [4.69, 9.17) is 10.5 Å². The molecule has 0 fully saturated rings. The van der Waals surface area contributed by atoms with E-state index in [1.807, 2.05) is 66.7 Å². The second kappa shape index (κ2) is 7.11. The first-order chi connectivity index (χ1) is 14.7. The summed E-state index contributed by atoms with van der Waals surface area (Å²) in [5.41, 5.74) is 9.95. The van der Waals surface area contributed by atoms with Crippen LogP contribution in [-0.4, -0.2) is 15.0 Å². The van der Waals surface area contributed by atoms with Gasteiger partial charge in [0.15, 0.2) is 5.95 Å². The summed E-state index contributed by atoms with van der Waals surface area (Å²) < 4.78 is 5.84. The minimum Gasteiger partial charge on any atom is -0.457 e. The Bertz CT molecular complexity index is 1400. The number of ether oxygens (including phenoxy) is 1. The van der Waals surface area contributed by atoms with Gasteiger partial charge in [-0.25, -0.2) is 4.98 Å². The molecule has 0 amide bonds. The van der Waals surface area contributed by atoms with Crippen molar-refractivity contribution in [1.29, 1.82) is 5.26 Å². The van der Waals surface area contributed by atoms with Crippen LogP contribution in [0.2, 0.25) is 0 Å². The van der Waals surface area contributed by atoms with Gasteiger partial charge in [-0.3, -0.25) is 4.98 Å². The summed E-state index contributed by atoms with van der Waals surface area (Å²) in [6, 6.07) is 23.1. The molecular formula is C23H16N6O. The fourth-order valence-corrected chi connectivity index (χ4v) is 3.31. The molecule has 4 N–H and O–H groups in total. The molecule has 5 aromatic rings. The van der Waals surface area contributed by atoms with Gasteiger partial charge >= 0.3 is 0 Å². The lowest BCUT2D eigenvalue weighted by atomic mass is 10.1. The summed E-state index contributed by atoms with van der Waals surface area (Å²) >= 11 is 0. The third kappa shape index (κ3) is 3.23. The van der Waals surface area contributed by atoms with Crippen LogP contribution in [0.3, 0.4) is 0 Å². The molecule has 2 heterocycles. The van der Waals surface area contributed by atoms with E-state index < -0.39 is 0 Å². The van der Waals surface area contributed by atoms with Crippen molar-refractivity contribution >= 4 is 39.3 Å². The van der Waals surface area contributed by atoms with Gasteiger partial charge < -0.3 is 20.8 Å². The van der Waals surface area contributed by atoms with E-state index >= 15 is 0 Å². The van der Waals surface area contributed by atoms with Crippen molar-refractivity contribution in [3.05, 3.63) is 78.5 Å². The number of hydrogen-bond acceptors (Lipinski definition) is 6. The number of aromatic amines is 1. The number of nitrogens with zero attached hydrogens (tertiary/aromatic N) is 3. The normalized spacial score (nSPS) is 10.8. The zero-order chi connectivity index (χ0) is 20.5. The Kier molecular flexibility index (Phi) is 4.15. The maximum atomic E-state index is 9.59. The van der Waals surface area contributed by atoms with Gasteiger partial charge in [-0.2, -0.15) is 5.26 Å². The molecule has 3 aromatic carbocycles. The summed E-state index contributed by atoms with van der Waals surface area (Å²) in [5.74, 6) is 1.83.